The Hall–Kier alpha value is 0.110. The second-order valence-corrected chi connectivity index (χ2v) is 4.51. The fraction of sp³-hybridized carbons (Fsp3) is 1.00. The van der Waals surface area contributed by atoms with E-state index in [1.807, 2.05) is 0 Å². The van der Waals surface area contributed by atoms with Crippen LogP contribution >= 0.6 is 8.03 Å². The molecule has 5 heteroatoms. The zero-order valence-electron chi connectivity index (χ0n) is 8.03. The smallest absolute Gasteiger partial charge is 0.191 e. The molecule has 0 bridgehead atoms. The highest BCUT2D eigenvalue weighted by Crippen LogP contribution is 2.24. The summed E-state index contributed by atoms with van der Waals surface area (Å²) >= 11 is 0. The first kappa shape index (κ1) is 13.1. The van der Waals surface area contributed by atoms with Crippen LogP contribution in [0.2, 0.25) is 0 Å². The Kier molecular flexibility index (Phi) is 8.77. The van der Waals surface area contributed by atoms with Crippen LogP contribution in [0.4, 0.5) is 0 Å². The lowest BCUT2D eigenvalue weighted by molar-refractivity contribution is 0.0562. The molecule has 0 saturated heterocycles. The number of hydrogen-bond donors (Lipinski definition) is 2. The van der Waals surface area contributed by atoms with E-state index in [1.54, 1.807) is 0 Å². The molecule has 0 fully saturated rings. The van der Waals surface area contributed by atoms with Crippen LogP contribution in [0.5, 0.6) is 0 Å². The molecular formula is C8H19O4P. The van der Waals surface area contributed by atoms with Crippen LogP contribution < -0.4 is 0 Å². The predicted octanol–water partition coefficient (Wildman–Crippen LogP) is 1.02. The number of aliphatic hydroxyl groups is 2. The predicted molar refractivity (Wildman–Crippen MR) is 52.4 cm³/mol. The molecule has 0 rings (SSSR count). The first-order valence-electron chi connectivity index (χ1n) is 4.65. The number of hydrogen-bond acceptors (Lipinski definition) is 4. The van der Waals surface area contributed by atoms with Gasteiger partial charge in [-0.25, -0.2) is 0 Å². The molecule has 0 radical (unpaired) electrons. The van der Waals surface area contributed by atoms with Crippen molar-refractivity contribution >= 4 is 8.03 Å². The summed E-state index contributed by atoms with van der Waals surface area (Å²) in [4.78, 5) is 0. The van der Waals surface area contributed by atoms with Crippen LogP contribution in [0, 0.1) is 0 Å². The van der Waals surface area contributed by atoms with E-state index in [0.717, 1.165) is 19.3 Å². The van der Waals surface area contributed by atoms with Crippen LogP contribution in [0.1, 0.15) is 26.2 Å². The van der Waals surface area contributed by atoms with Crippen molar-refractivity contribution in [2.24, 2.45) is 0 Å². The number of aliphatic hydroxyl groups excluding tert-OH is 2. The van der Waals surface area contributed by atoms with Crippen LogP contribution in [-0.2, 0) is 9.09 Å². The molecule has 80 valence electrons. The Morgan fingerprint density at radius 3 is 2.69 bits per heavy atom. The van der Waals surface area contributed by atoms with Gasteiger partial charge in [0.1, 0.15) is 6.10 Å². The first-order chi connectivity index (χ1) is 6.20. The molecular weight excluding hydrogens is 191 g/mol. The van der Waals surface area contributed by atoms with Gasteiger partial charge in [0, 0.05) is 6.16 Å². The van der Waals surface area contributed by atoms with Gasteiger partial charge in [0.25, 0.3) is 0 Å². The molecule has 4 nitrogen and oxygen atoms in total. The Labute approximate surface area is 79.8 Å². The zero-order valence-corrected chi connectivity index (χ0v) is 9.03. The third-order valence-electron chi connectivity index (χ3n) is 1.63. The quantitative estimate of drug-likeness (QED) is 0.463. The molecule has 0 aromatic rings. The van der Waals surface area contributed by atoms with Gasteiger partial charge in [0.15, 0.2) is 8.03 Å². The molecule has 2 atom stereocenters. The van der Waals surface area contributed by atoms with Crippen LogP contribution in [0.25, 0.3) is 0 Å². The molecule has 0 aliphatic heterocycles. The minimum absolute atomic E-state index is 0.0274. The summed E-state index contributed by atoms with van der Waals surface area (Å²) in [6.45, 7) is 1.71. The Balaban J connectivity index is 3.30. The summed E-state index contributed by atoms with van der Waals surface area (Å²) in [6, 6.07) is 0. The van der Waals surface area contributed by atoms with E-state index < -0.39 is 14.1 Å². The van der Waals surface area contributed by atoms with Gasteiger partial charge < -0.3 is 14.7 Å². The van der Waals surface area contributed by atoms with Gasteiger partial charge in [-0.3, -0.25) is 4.57 Å². The maximum atomic E-state index is 11.1. The van der Waals surface area contributed by atoms with Crippen LogP contribution in [0.15, 0.2) is 0 Å². The molecule has 13 heavy (non-hydrogen) atoms. The van der Waals surface area contributed by atoms with Crippen molar-refractivity contribution < 1.29 is 19.3 Å². The van der Waals surface area contributed by atoms with Crippen molar-refractivity contribution in [2.75, 3.05) is 19.4 Å². The molecule has 0 aromatic heterocycles. The van der Waals surface area contributed by atoms with E-state index in [9.17, 15) is 4.57 Å². The average molecular weight is 210 g/mol. The molecule has 0 heterocycles. The summed E-state index contributed by atoms with van der Waals surface area (Å²) in [7, 11) is -1.99. The SMILES string of the molecule is CCCCC[PH](=O)OCC(O)CO. The Morgan fingerprint density at radius 2 is 2.15 bits per heavy atom. The molecule has 0 aliphatic rings. The van der Waals surface area contributed by atoms with Gasteiger partial charge in [-0.2, -0.15) is 0 Å². The monoisotopic (exact) mass is 210 g/mol. The molecule has 0 saturated carbocycles. The summed E-state index contributed by atoms with van der Waals surface area (Å²) in [6.07, 6.45) is 2.73. The molecule has 0 spiro atoms. The van der Waals surface area contributed by atoms with Gasteiger partial charge >= 0.3 is 0 Å². The Morgan fingerprint density at radius 1 is 1.46 bits per heavy atom. The van der Waals surface area contributed by atoms with Gasteiger partial charge in [-0.15, -0.1) is 0 Å². The lowest BCUT2D eigenvalue weighted by Crippen LogP contribution is -2.17. The lowest BCUT2D eigenvalue weighted by Gasteiger charge is -2.07. The minimum atomic E-state index is -1.99. The lowest BCUT2D eigenvalue weighted by atomic mass is 10.3. The fourth-order valence-corrected chi connectivity index (χ4v) is 1.89. The van der Waals surface area contributed by atoms with E-state index in [4.69, 9.17) is 14.7 Å². The number of rotatable bonds is 8. The molecule has 0 amide bonds. The highest BCUT2D eigenvalue weighted by atomic mass is 31.1. The fourth-order valence-electron chi connectivity index (χ4n) is 0.833. The third-order valence-corrected chi connectivity index (χ3v) is 2.88. The van der Waals surface area contributed by atoms with E-state index in [-0.39, 0.29) is 13.2 Å². The van der Waals surface area contributed by atoms with Gasteiger partial charge in [-0.05, 0) is 6.42 Å². The zero-order chi connectivity index (χ0) is 10.1. The van der Waals surface area contributed by atoms with Gasteiger partial charge in [0.05, 0.1) is 13.2 Å². The van der Waals surface area contributed by atoms with Crippen molar-refractivity contribution in [2.45, 2.75) is 32.3 Å². The summed E-state index contributed by atoms with van der Waals surface area (Å²) < 4.78 is 16.0. The van der Waals surface area contributed by atoms with E-state index in [2.05, 4.69) is 6.92 Å². The van der Waals surface area contributed by atoms with Crippen molar-refractivity contribution in [1.29, 1.82) is 0 Å². The van der Waals surface area contributed by atoms with E-state index in [1.165, 1.54) is 0 Å². The summed E-state index contributed by atoms with van der Waals surface area (Å²) in [5.74, 6) is 0. The Bertz CT molecular complexity index is 140. The maximum absolute atomic E-state index is 11.1. The van der Waals surface area contributed by atoms with E-state index >= 15 is 0 Å². The van der Waals surface area contributed by atoms with Crippen LogP contribution in [0.3, 0.4) is 0 Å². The maximum Gasteiger partial charge on any atom is 0.191 e. The normalized spacial score (nSPS) is 15.6. The van der Waals surface area contributed by atoms with Crippen LogP contribution in [-0.4, -0.2) is 35.7 Å². The summed E-state index contributed by atoms with van der Waals surface area (Å²) in [5, 5.41) is 17.3. The second-order valence-electron chi connectivity index (χ2n) is 2.98. The topological polar surface area (TPSA) is 66.8 Å². The highest BCUT2D eigenvalue weighted by Gasteiger charge is 2.05. The molecule has 0 aromatic carbocycles. The standard InChI is InChI=1S/C8H19O4P/c1-2-3-4-5-13(11)12-7-8(10)6-9/h8-10,13H,2-7H2,1H3. The molecule has 2 unspecified atom stereocenters. The number of unbranched alkanes of at least 4 members (excludes halogenated alkanes) is 2. The van der Waals surface area contributed by atoms with Gasteiger partial charge in [-0.1, -0.05) is 19.8 Å². The third kappa shape index (κ3) is 8.44. The molecule has 0 aliphatic carbocycles. The van der Waals surface area contributed by atoms with Gasteiger partial charge in [0.2, 0.25) is 0 Å². The first-order valence-corrected chi connectivity index (χ1v) is 6.17. The van der Waals surface area contributed by atoms with E-state index in [0.29, 0.717) is 6.16 Å². The summed E-state index contributed by atoms with van der Waals surface area (Å²) in [5.41, 5.74) is 0. The van der Waals surface area contributed by atoms with Crippen molar-refractivity contribution in [1.82, 2.24) is 0 Å². The van der Waals surface area contributed by atoms with Crippen molar-refractivity contribution in [3.05, 3.63) is 0 Å². The molecule has 2 N–H and O–H groups in total. The van der Waals surface area contributed by atoms with Crippen molar-refractivity contribution in [3.63, 3.8) is 0 Å². The highest BCUT2D eigenvalue weighted by molar-refractivity contribution is 7.39. The minimum Gasteiger partial charge on any atom is -0.394 e. The largest absolute Gasteiger partial charge is 0.394 e. The second kappa shape index (κ2) is 8.70. The van der Waals surface area contributed by atoms with Crippen molar-refractivity contribution in [3.8, 4) is 0 Å². The average Bonchev–Trinajstić information content (AvgIpc) is 2.14.